The van der Waals surface area contributed by atoms with Crippen molar-refractivity contribution in [3.8, 4) is 11.5 Å². The van der Waals surface area contributed by atoms with Gasteiger partial charge in [0, 0.05) is 5.56 Å². The van der Waals surface area contributed by atoms with E-state index in [0.717, 1.165) is 5.57 Å². The summed E-state index contributed by atoms with van der Waals surface area (Å²) in [6.45, 7) is 15.4. The molecule has 0 heterocycles. The Morgan fingerprint density at radius 1 is 1.23 bits per heavy atom. The van der Waals surface area contributed by atoms with Crippen LogP contribution in [0.2, 0.25) is 18.1 Å². The number of ether oxygens (including phenoxy) is 2. The number of rotatable bonds is 9. The number of hydrogen-bond acceptors (Lipinski definition) is 4. The molecule has 5 heteroatoms. The predicted molar refractivity (Wildman–Crippen MR) is 111 cm³/mol. The molecule has 0 saturated heterocycles. The molecule has 0 fully saturated rings. The predicted octanol–water partition coefficient (Wildman–Crippen LogP) is 5.26. The molecule has 0 aliphatic heterocycles. The van der Waals surface area contributed by atoms with Crippen LogP contribution in [0.5, 0.6) is 11.5 Å². The van der Waals surface area contributed by atoms with Crippen molar-refractivity contribution in [2.75, 3.05) is 20.8 Å². The van der Waals surface area contributed by atoms with Gasteiger partial charge in [0.1, 0.15) is 17.6 Å². The van der Waals surface area contributed by atoms with Crippen LogP contribution in [0, 0.1) is 0 Å². The highest BCUT2D eigenvalue weighted by molar-refractivity contribution is 6.74. The average molecular weight is 379 g/mol. The molecule has 0 spiro atoms. The summed E-state index contributed by atoms with van der Waals surface area (Å²) in [4.78, 5) is 0. The maximum atomic E-state index is 10.7. The van der Waals surface area contributed by atoms with E-state index in [0.29, 0.717) is 30.1 Å². The van der Waals surface area contributed by atoms with E-state index in [9.17, 15) is 5.11 Å². The quantitative estimate of drug-likeness (QED) is 0.470. The maximum absolute atomic E-state index is 10.7. The maximum Gasteiger partial charge on any atom is 0.192 e. The van der Waals surface area contributed by atoms with E-state index >= 15 is 0 Å². The minimum absolute atomic E-state index is 0.140. The summed E-state index contributed by atoms with van der Waals surface area (Å²) in [5, 5.41) is 10.9. The Kier molecular flexibility index (Phi) is 8.12. The molecule has 0 bridgehead atoms. The summed E-state index contributed by atoms with van der Waals surface area (Å²) in [6, 6.07) is 5.40. The molecule has 1 aromatic rings. The molecule has 146 valence electrons. The van der Waals surface area contributed by atoms with Gasteiger partial charge in [-0.2, -0.15) is 0 Å². The highest BCUT2D eigenvalue weighted by Crippen LogP contribution is 2.37. The molecule has 26 heavy (non-hydrogen) atoms. The van der Waals surface area contributed by atoms with Crippen LogP contribution >= 0.6 is 0 Å². The first kappa shape index (κ1) is 22.5. The second kappa shape index (κ2) is 9.40. The van der Waals surface area contributed by atoms with E-state index in [-0.39, 0.29) is 5.04 Å². The van der Waals surface area contributed by atoms with Crippen LogP contribution in [0.1, 0.15) is 38.9 Å². The van der Waals surface area contributed by atoms with E-state index in [4.69, 9.17) is 13.9 Å². The zero-order valence-corrected chi connectivity index (χ0v) is 18.3. The highest BCUT2D eigenvalue weighted by atomic mass is 28.4. The van der Waals surface area contributed by atoms with Crippen molar-refractivity contribution < 1.29 is 19.0 Å². The summed E-state index contributed by atoms with van der Waals surface area (Å²) in [5.74, 6) is 1.30. The van der Waals surface area contributed by atoms with Crippen molar-refractivity contribution in [1.29, 1.82) is 0 Å². The van der Waals surface area contributed by atoms with Gasteiger partial charge in [0.05, 0.1) is 20.8 Å². The monoisotopic (exact) mass is 378 g/mol. The van der Waals surface area contributed by atoms with Gasteiger partial charge in [-0.25, -0.2) is 0 Å². The first-order valence-corrected chi connectivity index (χ1v) is 11.8. The summed E-state index contributed by atoms with van der Waals surface area (Å²) in [7, 11) is 1.33. The van der Waals surface area contributed by atoms with Crippen molar-refractivity contribution in [2.24, 2.45) is 0 Å². The molecule has 0 unspecified atom stereocenters. The topological polar surface area (TPSA) is 47.9 Å². The minimum atomic E-state index is -1.86. The fraction of sp³-hybridized carbons (Fsp3) is 0.524. The Balaban J connectivity index is 3.06. The van der Waals surface area contributed by atoms with Crippen LogP contribution in [0.3, 0.4) is 0 Å². The van der Waals surface area contributed by atoms with Gasteiger partial charge in [-0.3, -0.25) is 0 Å². The number of methoxy groups -OCH3 is 2. The average Bonchev–Trinajstić information content (AvgIpc) is 2.58. The van der Waals surface area contributed by atoms with E-state index in [1.54, 1.807) is 26.4 Å². The van der Waals surface area contributed by atoms with E-state index < -0.39 is 14.4 Å². The number of aliphatic hydroxyl groups excluding tert-OH is 1. The number of allylic oxidation sites excluding steroid dienone is 1. The SMILES string of the molecule is C=CC/C(=C\[C@H](O)c1cc(OC)ccc1OC)CO[Si](C)(C)C(C)(C)C. The molecule has 0 aliphatic carbocycles. The van der Waals surface area contributed by atoms with Gasteiger partial charge >= 0.3 is 0 Å². The summed E-state index contributed by atoms with van der Waals surface area (Å²) in [5.41, 5.74) is 1.67. The van der Waals surface area contributed by atoms with Gasteiger partial charge in [-0.1, -0.05) is 26.8 Å². The van der Waals surface area contributed by atoms with Crippen LogP contribution in [-0.2, 0) is 4.43 Å². The van der Waals surface area contributed by atoms with Gasteiger partial charge in [-0.05, 0) is 54.4 Å². The molecule has 0 amide bonds. The molecular formula is C21H34O4Si. The van der Waals surface area contributed by atoms with E-state index in [2.05, 4.69) is 40.4 Å². The lowest BCUT2D eigenvalue weighted by Crippen LogP contribution is -2.41. The first-order valence-electron chi connectivity index (χ1n) is 8.90. The molecule has 0 radical (unpaired) electrons. The molecule has 4 nitrogen and oxygen atoms in total. The Morgan fingerprint density at radius 2 is 1.88 bits per heavy atom. The number of hydrogen-bond donors (Lipinski definition) is 1. The van der Waals surface area contributed by atoms with Gasteiger partial charge in [0.2, 0.25) is 0 Å². The Labute approximate surface area is 159 Å². The zero-order valence-electron chi connectivity index (χ0n) is 17.3. The van der Waals surface area contributed by atoms with Crippen molar-refractivity contribution in [3.63, 3.8) is 0 Å². The smallest absolute Gasteiger partial charge is 0.192 e. The molecule has 0 aliphatic rings. The molecule has 1 atom stereocenters. The second-order valence-corrected chi connectivity index (χ2v) is 12.7. The lowest BCUT2D eigenvalue weighted by Gasteiger charge is -2.36. The lowest BCUT2D eigenvalue weighted by atomic mass is 10.0. The lowest BCUT2D eigenvalue weighted by molar-refractivity contribution is 0.218. The molecule has 1 aromatic carbocycles. The zero-order chi connectivity index (χ0) is 20.0. The van der Waals surface area contributed by atoms with Crippen molar-refractivity contribution in [1.82, 2.24) is 0 Å². The van der Waals surface area contributed by atoms with Crippen LogP contribution in [0.25, 0.3) is 0 Å². The standard InChI is InChI=1S/C21H34O4Si/c1-9-10-16(15-25-26(7,8)21(2,3)4)13-19(22)18-14-17(23-5)11-12-20(18)24-6/h9,11-14,19,22H,1,10,15H2,2-8H3/b16-13+/t19-/m0/s1. The van der Waals surface area contributed by atoms with Gasteiger partial charge in [-0.15, -0.1) is 6.58 Å². The van der Waals surface area contributed by atoms with Crippen LogP contribution in [-0.4, -0.2) is 34.3 Å². The minimum Gasteiger partial charge on any atom is -0.497 e. The summed E-state index contributed by atoms with van der Waals surface area (Å²) >= 11 is 0. The van der Waals surface area contributed by atoms with Gasteiger partial charge < -0.3 is 19.0 Å². The van der Waals surface area contributed by atoms with Crippen LogP contribution in [0.15, 0.2) is 42.5 Å². The van der Waals surface area contributed by atoms with Crippen molar-refractivity contribution in [2.45, 2.75) is 51.4 Å². The first-order chi connectivity index (χ1) is 12.1. The second-order valence-electron chi connectivity index (χ2n) is 7.92. The van der Waals surface area contributed by atoms with E-state index in [1.165, 1.54) is 0 Å². The third kappa shape index (κ3) is 6.00. The Hall–Kier alpha value is -1.56. The highest BCUT2D eigenvalue weighted by Gasteiger charge is 2.37. The number of aliphatic hydroxyl groups is 1. The third-order valence-electron chi connectivity index (χ3n) is 4.98. The summed E-state index contributed by atoms with van der Waals surface area (Å²) in [6.07, 6.45) is 3.51. The van der Waals surface area contributed by atoms with Gasteiger partial charge in [0.15, 0.2) is 8.32 Å². The number of benzene rings is 1. The summed E-state index contributed by atoms with van der Waals surface area (Å²) < 4.78 is 16.9. The van der Waals surface area contributed by atoms with Gasteiger partial charge in [0.25, 0.3) is 0 Å². The fourth-order valence-electron chi connectivity index (χ4n) is 2.23. The normalized spacial score (nSPS) is 14.1. The Bertz CT molecular complexity index is 629. The molecular weight excluding hydrogens is 344 g/mol. The Morgan fingerprint density at radius 3 is 2.38 bits per heavy atom. The van der Waals surface area contributed by atoms with E-state index in [1.807, 2.05) is 18.2 Å². The van der Waals surface area contributed by atoms with Crippen LogP contribution < -0.4 is 9.47 Å². The molecule has 0 aromatic heterocycles. The van der Waals surface area contributed by atoms with Crippen molar-refractivity contribution in [3.05, 3.63) is 48.1 Å². The molecule has 1 rings (SSSR count). The fourth-order valence-corrected chi connectivity index (χ4v) is 3.21. The van der Waals surface area contributed by atoms with Crippen molar-refractivity contribution >= 4 is 8.32 Å². The molecule has 0 saturated carbocycles. The van der Waals surface area contributed by atoms with Crippen LogP contribution in [0.4, 0.5) is 0 Å². The largest absolute Gasteiger partial charge is 0.497 e. The third-order valence-corrected chi connectivity index (χ3v) is 9.46. The molecule has 1 N–H and O–H groups in total.